The summed E-state index contributed by atoms with van der Waals surface area (Å²) in [6.45, 7) is 7.75. The molecule has 0 aliphatic rings. The predicted octanol–water partition coefficient (Wildman–Crippen LogP) is 1.59. The Morgan fingerprint density at radius 3 is 2.76 bits per heavy atom. The van der Waals surface area contributed by atoms with Gasteiger partial charge in [0, 0.05) is 24.7 Å². The first-order chi connectivity index (χ1) is 7.89. The summed E-state index contributed by atoms with van der Waals surface area (Å²) in [4.78, 5) is 10.3. The van der Waals surface area contributed by atoms with Crippen molar-refractivity contribution in [1.29, 1.82) is 0 Å². The van der Waals surface area contributed by atoms with Gasteiger partial charge in [0.05, 0.1) is 11.7 Å². The van der Waals surface area contributed by atoms with E-state index in [1.165, 1.54) is 0 Å². The van der Waals surface area contributed by atoms with Crippen LogP contribution < -0.4 is 5.32 Å². The average Bonchev–Trinajstić information content (AvgIpc) is 2.64. The van der Waals surface area contributed by atoms with E-state index < -0.39 is 5.97 Å². The number of hydrogen-bond acceptors (Lipinski definition) is 3. The quantitative estimate of drug-likeness (QED) is 0.740. The fourth-order valence-electron chi connectivity index (χ4n) is 1.42. The monoisotopic (exact) mass is 239 g/mol. The van der Waals surface area contributed by atoms with Crippen molar-refractivity contribution >= 4 is 5.97 Å². The Bertz CT molecular complexity index is 366. The second kappa shape index (κ2) is 5.82. The standard InChI is InChI=1S/C12H21N3O2/c1-12(2,3)15-9-10(8-14-15)7-13-6-4-5-11(16)17/h8-9,13H,4-7H2,1-3H3,(H,16,17). The molecule has 1 aromatic rings. The number of carboxylic acid groups (broad SMARTS) is 1. The Labute approximate surface area is 102 Å². The second-order valence-corrected chi connectivity index (χ2v) is 5.14. The van der Waals surface area contributed by atoms with Crippen molar-refractivity contribution in [1.82, 2.24) is 15.1 Å². The molecule has 0 saturated carbocycles. The van der Waals surface area contributed by atoms with Crippen LogP contribution in [0.1, 0.15) is 39.2 Å². The molecule has 0 aliphatic heterocycles. The van der Waals surface area contributed by atoms with Crippen LogP contribution in [0.5, 0.6) is 0 Å². The molecule has 96 valence electrons. The van der Waals surface area contributed by atoms with Crippen molar-refractivity contribution in [2.24, 2.45) is 0 Å². The molecule has 0 fully saturated rings. The molecule has 0 saturated heterocycles. The topological polar surface area (TPSA) is 67.2 Å². The van der Waals surface area contributed by atoms with Gasteiger partial charge in [0.1, 0.15) is 0 Å². The smallest absolute Gasteiger partial charge is 0.303 e. The molecule has 5 heteroatoms. The summed E-state index contributed by atoms with van der Waals surface area (Å²) in [7, 11) is 0. The maximum absolute atomic E-state index is 10.3. The summed E-state index contributed by atoms with van der Waals surface area (Å²) in [5, 5.41) is 16.0. The zero-order valence-electron chi connectivity index (χ0n) is 10.7. The molecular weight excluding hydrogens is 218 g/mol. The molecule has 2 N–H and O–H groups in total. The summed E-state index contributed by atoms with van der Waals surface area (Å²) in [6, 6.07) is 0. The van der Waals surface area contributed by atoms with Gasteiger partial charge in [-0.25, -0.2) is 0 Å². The molecule has 0 aromatic carbocycles. The van der Waals surface area contributed by atoms with Gasteiger partial charge in [-0.3, -0.25) is 9.48 Å². The van der Waals surface area contributed by atoms with Crippen LogP contribution in [-0.4, -0.2) is 27.4 Å². The van der Waals surface area contributed by atoms with E-state index in [9.17, 15) is 4.79 Å². The molecule has 0 radical (unpaired) electrons. The lowest BCUT2D eigenvalue weighted by Gasteiger charge is -2.18. The van der Waals surface area contributed by atoms with Crippen LogP contribution >= 0.6 is 0 Å². The van der Waals surface area contributed by atoms with E-state index in [0.29, 0.717) is 13.0 Å². The molecule has 1 rings (SSSR count). The van der Waals surface area contributed by atoms with Crippen molar-refractivity contribution in [3.05, 3.63) is 18.0 Å². The van der Waals surface area contributed by atoms with Crippen molar-refractivity contribution in [3.63, 3.8) is 0 Å². The molecule has 17 heavy (non-hydrogen) atoms. The fourth-order valence-corrected chi connectivity index (χ4v) is 1.42. The Morgan fingerprint density at radius 1 is 1.53 bits per heavy atom. The highest BCUT2D eigenvalue weighted by molar-refractivity contribution is 5.66. The fraction of sp³-hybridized carbons (Fsp3) is 0.667. The summed E-state index contributed by atoms with van der Waals surface area (Å²) in [5.74, 6) is -0.743. The molecule has 0 aliphatic carbocycles. The lowest BCUT2D eigenvalue weighted by Crippen LogP contribution is -2.22. The van der Waals surface area contributed by atoms with Crippen LogP contribution in [0, 0.1) is 0 Å². The van der Waals surface area contributed by atoms with Crippen LogP contribution in [-0.2, 0) is 16.9 Å². The minimum absolute atomic E-state index is 0.00155. The maximum Gasteiger partial charge on any atom is 0.303 e. The van der Waals surface area contributed by atoms with E-state index in [1.807, 2.05) is 17.1 Å². The third-order valence-corrected chi connectivity index (χ3v) is 2.40. The lowest BCUT2D eigenvalue weighted by atomic mass is 10.1. The normalized spacial score (nSPS) is 11.7. The van der Waals surface area contributed by atoms with Crippen molar-refractivity contribution in [2.75, 3.05) is 6.54 Å². The van der Waals surface area contributed by atoms with E-state index in [4.69, 9.17) is 5.11 Å². The van der Waals surface area contributed by atoms with E-state index in [1.54, 1.807) is 0 Å². The Morgan fingerprint density at radius 2 is 2.24 bits per heavy atom. The Kier molecular flexibility index (Phi) is 4.69. The van der Waals surface area contributed by atoms with Gasteiger partial charge in [-0.05, 0) is 33.7 Å². The molecule has 1 heterocycles. The zero-order chi connectivity index (χ0) is 12.9. The van der Waals surface area contributed by atoms with Gasteiger partial charge >= 0.3 is 5.97 Å². The number of aromatic nitrogens is 2. The van der Waals surface area contributed by atoms with Gasteiger partial charge in [-0.15, -0.1) is 0 Å². The first-order valence-corrected chi connectivity index (χ1v) is 5.86. The van der Waals surface area contributed by atoms with Crippen LogP contribution in [0.4, 0.5) is 0 Å². The van der Waals surface area contributed by atoms with Gasteiger partial charge in [-0.1, -0.05) is 0 Å². The minimum Gasteiger partial charge on any atom is -0.481 e. The molecule has 0 unspecified atom stereocenters. The molecule has 0 amide bonds. The van der Waals surface area contributed by atoms with Crippen LogP contribution in [0.3, 0.4) is 0 Å². The number of carbonyl (C=O) groups is 1. The van der Waals surface area contributed by atoms with E-state index >= 15 is 0 Å². The number of carboxylic acids is 1. The maximum atomic E-state index is 10.3. The molecule has 0 spiro atoms. The summed E-state index contributed by atoms with van der Waals surface area (Å²) in [5.41, 5.74) is 1.12. The molecule has 5 nitrogen and oxygen atoms in total. The number of aliphatic carboxylic acids is 1. The van der Waals surface area contributed by atoms with Crippen molar-refractivity contribution in [2.45, 2.75) is 45.7 Å². The summed E-state index contributed by atoms with van der Waals surface area (Å²) in [6.07, 6.45) is 4.73. The minimum atomic E-state index is -0.743. The summed E-state index contributed by atoms with van der Waals surface area (Å²) < 4.78 is 1.93. The number of rotatable bonds is 6. The molecular formula is C12H21N3O2. The SMILES string of the molecule is CC(C)(C)n1cc(CNCCCC(=O)O)cn1. The number of hydrogen-bond donors (Lipinski definition) is 2. The van der Waals surface area contributed by atoms with Gasteiger partial charge in [0.2, 0.25) is 0 Å². The Balaban J connectivity index is 2.28. The predicted molar refractivity (Wildman–Crippen MR) is 65.8 cm³/mol. The van der Waals surface area contributed by atoms with Crippen LogP contribution in [0.2, 0.25) is 0 Å². The van der Waals surface area contributed by atoms with E-state index in [2.05, 4.69) is 31.2 Å². The molecule has 0 atom stereocenters. The number of nitrogens with one attached hydrogen (secondary N) is 1. The van der Waals surface area contributed by atoms with Crippen molar-refractivity contribution < 1.29 is 9.90 Å². The van der Waals surface area contributed by atoms with Gasteiger partial charge in [-0.2, -0.15) is 5.10 Å². The summed E-state index contributed by atoms with van der Waals surface area (Å²) >= 11 is 0. The zero-order valence-corrected chi connectivity index (χ0v) is 10.7. The second-order valence-electron chi connectivity index (χ2n) is 5.14. The molecule has 1 aromatic heterocycles. The van der Waals surface area contributed by atoms with Crippen LogP contribution in [0.25, 0.3) is 0 Å². The third-order valence-electron chi connectivity index (χ3n) is 2.40. The highest BCUT2D eigenvalue weighted by atomic mass is 16.4. The van der Waals surface area contributed by atoms with E-state index in [0.717, 1.165) is 12.1 Å². The highest BCUT2D eigenvalue weighted by Gasteiger charge is 2.13. The largest absolute Gasteiger partial charge is 0.481 e. The Hall–Kier alpha value is -1.36. The molecule has 0 bridgehead atoms. The first kappa shape index (κ1) is 13.7. The van der Waals surface area contributed by atoms with Gasteiger partial charge in [0.15, 0.2) is 0 Å². The number of nitrogens with zero attached hydrogens (tertiary/aromatic N) is 2. The van der Waals surface area contributed by atoms with Crippen LogP contribution in [0.15, 0.2) is 12.4 Å². The van der Waals surface area contributed by atoms with E-state index in [-0.39, 0.29) is 12.0 Å². The van der Waals surface area contributed by atoms with Gasteiger partial charge in [0.25, 0.3) is 0 Å². The van der Waals surface area contributed by atoms with Crippen molar-refractivity contribution in [3.8, 4) is 0 Å². The average molecular weight is 239 g/mol. The lowest BCUT2D eigenvalue weighted by molar-refractivity contribution is -0.137. The van der Waals surface area contributed by atoms with Gasteiger partial charge < -0.3 is 10.4 Å². The third kappa shape index (κ3) is 4.99. The highest BCUT2D eigenvalue weighted by Crippen LogP contribution is 2.12. The first-order valence-electron chi connectivity index (χ1n) is 5.86.